The molecule has 3 fully saturated rings. The van der Waals surface area contributed by atoms with Crippen molar-refractivity contribution in [3.63, 3.8) is 0 Å². The Morgan fingerprint density at radius 1 is 1.27 bits per heavy atom. The minimum atomic E-state index is -0.116. The van der Waals surface area contributed by atoms with Crippen LogP contribution in [0.25, 0.3) is 0 Å². The van der Waals surface area contributed by atoms with Crippen LogP contribution in [0, 0.1) is 5.92 Å². The van der Waals surface area contributed by atoms with E-state index in [1.165, 1.54) is 11.3 Å². The lowest BCUT2D eigenvalue weighted by atomic mass is 9.94. The van der Waals surface area contributed by atoms with E-state index in [2.05, 4.69) is 4.98 Å². The maximum Gasteiger partial charge on any atom is 0.253 e. The van der Waals surface area contributed by atoms with Crippen molar-refractivity contribution in [3.8, 4) is 5.75 Å². The predicted octanol–water partition coefficient (Wildman–Crippen LogP) is 2.41. The van der Waals surface area contributed by atoms with Gasteiger partial charge < -0.3 is 14.5 Å². The molecule has 2 aromatic rings. The van der Waals surface area contributed by atoms with Gasteiger partial charge in [0, 0.05) is 30.1 Å². The lowest BCUT2D eigenvalue weighted by Crippen LogP contribution is -2.47. The van der Waals surface area contributed by atoms with Crippen molar-refractivity contribution in [2.45, 2.75) is 25.4 Å². The Morgan fingerprint density at radius 3 is 2.77 bits per heavy atom. The molecule has 6 nitrogen and oxygen atoms in total. The first-order valence-corrected chi connectivity index (χ1v) is 9.71. The van der Waals surface area contributed by atoms with Gasteiger partial charge >= 0.3 is 0 Å². The van der Waals surface area contributed by atoms with Gasteiger partial charge in [0.25, 0.3) is 5.91 Å². The van der Waals surface area contributed by atoms with Crippen LogP contribution in [0.4, 0.5) is 0 Å². The fourth-order valence-electron chi connectivity index (χ4n) is 3.82. The minimum Gasteiger partial charge on any atom is -0.497 e. The second kappa shape index (κ2) is 7.07. The Morgan fingerprint density at radius 2 is 2.08 bits per heavy atom. The Labute approximate surface area is 156 Å². The SMILES string of the molecule is COc1ccc(C(=O)N2CC3CCC(C2)N(Cc2cscn2)C3=O)cc1. The molecule has 1 aromatic heterocycles. The standard InChI is InChI=1S/C19H21N3O3S/c1-25-17-6-3-13(4-7-17)18(23)21-8-14-2-5-16(10-21)22(19(14)24)9-15-11-26-12-20-15/h3-4,6-7,11-12,14,16H,2,5,8-10H2,1H3. The van der Waals surface area contributed by atoms with Gasteiger partial charge in [-0.2, -0.15) is 0 Å². The van der Waals surface area contributed by atoms with Gasteiger partial charge in [0.05, 0.1) is 30.8 Å². The summed E-state index contributed by atoms with van der Waals surface area (Å²) in [7, 11) is 1.60. The molecular weight excluding hydrogens is 350 g/mol. The molecule has 0 saturated carbocycles. The number of carbonyl (C=O) groups is 2. The molecule has 2 atom stereocenters. The van der Waals surface area contributed by atoms with E-state index in [0.29, 0.717) is 25.2 Å². The molecule has 0 aliphatic carbocycles. The van der Waals surface area contributed by atoms with Crippen LogP contribution in [0.2, 0.25) is 0 Å². The van der Waals surface area contributed by atoms with E-state index in [1.54, 1.807) is 36.9 Å². The topological polar surface area (TPSA) is 62.7 Å². The van der Waals surface area contributed by atoms with Gasteiger partial charge in [0.2, 0.25) is 5.91 Å². The van der Waals surface area contributed by atoms with Gasteiger partial charge in [-0.1, -0.05) is 0 Å². The van der Waals surface area contributed by atoms with Crippen molar-refractivity contribution >= 4 is 23.2 Å². The van der Waals surface area contributed by atoms with Gasteiger partial charge in [0.15, 0.2) is 0 Å². The summed E-state index contributed by atoms with van der Waals surface area (Å²) in [6, 6.07) is 7.20. The maximum absolute atomic E-state index is 12.9. The first kappa shape index (κ1) is 17.0. The van der Waals surface area contributed by atoms with Gasteiger partial charge in [-0.15, -0.1) is 11.3 Å². The third-order valence-corrected chi connectivity index (χ3v) is 5.87. The molecule has 2 amide bonds. The fourth-order valence-corrected chi connectivity index (χ4v) is 4.37. The normalized spacial score (nSPS) is 22.4. The number of methoxy groups -OCH3 is 1. The Kier molecular flexibility index (Phi) is 4.63. The van der Waals surface area contributed by atoms with Gasteiger partial charge in [0.1, 0.15) is 5.75 Å². The number of ether oxygens (including phenoxy) is 1. The monoisotopic (exact) mass is 371 g/mol. The first-order chi connectivity index (χ1) is 12.7. The zero-order valence-corrected chi connectivity index (χ0v) is 15.4. The summed E-state index contributed by atoms with van der Waals surface area (Å²) in [6.07, 6.45) is 1.79. The number of nitrogens with zero attached hydrogens (tertiary/aromatic N) is 3. The van der Waals surface area contributed by atoms with E-state index in [9.17, 15) is 9.59 Å². The molecule has 7 heteroatoms. The number of hydrogen-bond acceptors (Lipinski definition) is 5. The number of fused-ring (bicyclic) bond motifs is 4. The number of carbonyl (C=O) groups excluding carboxylic acids is 2. The van der Waals surface area contributed by atoms with E-state index in [-0.39, 0.29) is 23.8 Å². The van der Waals surface area contributed by atoms with Crippen LogP contribution in [0.15, 0.2) is 35.2 Å². The van der Waals surface area contributed by atoms with Gasteiger partial charge in [-0.05, 0) is 37.1 Å². The van der Waals surface area contributed by atoms with Gasteiger partial charge in [-0.25, -0.2) is 4.98 Å². The molecule has 5 rings (SSSR count). The van der Waals surface area contributed by atoms with Crippen LogP contribution < -0.4 is 4.74 Å². The van der Waals surface area contributed by atoms with Crippen molar-refractivity contribution in [2.24, 2.45) is 5.92 Å². The first-order valence-electron chi connectivity index (χ1n) is 8.76. The largest absolute Gasteiger partial charge is 0.497 e. The second-order valence-corrected chi connectivity index (χ2v) is 7.53. The fraction of sp³-hybridized carbons (Fsp3) is 0.421. The Hall–Kier alpha value is -2.41. The third-order valence-electron chi connectivity index (χ3n) is 5.23. The summed E-state index contributed by atoms with van der Waals surface area (Å²) in [5.41, 5.74) is 3.34. The molecule has 2 bridgehead atoms. The van der Waals surface area contributed by atoms with Crippen LogP contribution in [-0.2, 0) is 11.3 Å². The number of rotatable bonds is 4. The molecule has 0 spiro atoms. The van der Waals surface area contributed by atoms with Crippen molar-refractivity contribution in [1.29, 1.82) is 0 Å². The van der Waals surface area contributed by atoms with E-state index in [0.717, 1.165) is 24.3 Å². The summed E-state index contributed by atoms with van der Waals surface area (Å²) < 4.78 is 5.16. The van der Waals surface area contributed by atoms with Crippen LogP contribution >= 0.6 is 11.3 Å². The van der Waals surface area contributed by atoms with Gasteiger partial charge in [-0.3, -0.25) is 9.59 Å². The van der Waals surface area contributed by atoms with Crippen molar-refractivity contribution in [2.75, 3.05) is 20.2 Å². The number of piperidine rings is 1. The van der Waals surface area contributed by atoms with Crippen molar-refractivity contribution in [3.05, 3.63) is 46.4 Å². The molecule has 4 heterocycles. The summed E-state index contributed by atoms with van der Waals surface area (Å²) in [5.74, 6) is 0.740. The molecule has 3 aliphatic rings. The number of hydrogen-bond donors (Lipinski definition) is 0. The van der Waals surface area contributed by atoms with Crippen molar-refractivity contribution < 1.29 is 14.3 Å². The van der Waals surface area contributed by atoms with Crippen molar-refractivity contribution in [1.82, 2.24) is 14.8 Å². The van der Waals surface area contributed by atoms with Crippen LogP contribution in [0.5, 0.6) is 5.75 Å². The molecule has 0 N–H and O–H groups in total. The average Bonchev–Trinajstić information content (AvgIpc) is 3.04. The quantitative estimate of drug-likeness (QED) is 0.828. The third kappa shape index (κ3) is 3.19. The number of benzene rings is 1. The molecule has 136 valence electrons. The average molecular weight is 371 g/mol. The highest BCUT2D eigenvalue weighted by molar-refractivity contribution is 7.07. The molecule has 3 saturated heterocycles. The van der Waals surface area contributed by atoms with E-state index in [4.69, 9.17) is 4.74 Å². The molecule has 26 heavy (non-hydrogen) atoms. The molecule has 0 radical (unpaired) electrons. The summed E-state index contributed by atoms with van der Waals surface area (Å²) >= 11 is 1.54. The van der Waals surface area contributed by atoms with Crippen LogP contribution in [-0.4, -0.2) is 52.8 Å². The highest BCUT2D eigenvalue weighted by Gasteiger charge is 2.42. The molecule has 1 aromatic carbocycles. The lowest BCUT2D eigenvalue weighted by molar-refractivity contribution is -0.140. The zero-order chi connectivity index (χ0) is 18.1. The highest BCUT2D eigenvalue weighted by atomic mass is 32.1. The maximum atomic E-state index is 12.9. The molecular formula is C19H21N3O3S. The summed E-state index contributed by atoms with van der Waals surface area (Å²) in [6.45, 7) is 1.61. The van der Waals surface area contributed by atoms with Crippen LogP contribution in [0.1, 0.15) is 28.9 Å². The van der Waals surface area contributed by atoms with E-state index in [1.807, 2.05) is 15.2 Å². The van der Waals surface area contributed by atoms with E-state index >= 15 is 0 Å². The van der Waals surface area contributed by atoms with E-state index < -0.39 is 0 Å². The summed E-state index contributed by atoms with van der Waals surface area (Å²) in [4.78, 5) is 33.9. The smallest absolute Gasteiger partial charge is 0.253 e. The molecule has 2 unspecified atom stereocenters. The van der Waals surface area contributed by atoms with Crippen LogP contribution in [0.3, 0.4) is 0 Å². The lowest BCUT2D eigenvalue weighted by Gasteiger charge is -2.35. The summed E-state index contributed by atoms with van der Waals surface area (Å²) in [5, 5.41) is 1.98. The second-order valence-electron chi connectivity index (χ2n) is 6.81. The zero-order valence-electron chi connectivity index (χ0n) is 14.6. The number of amides is 2. The Balaban J connectivity index is 1.53. The molecule has 3 aliphatic heterocycles. The highest BCUT2D eigenvalue weighted by Crippen LogP contribution is 2.31. The minimum absolute atomic E-state index is 0.0205. The number of thiazole rings is 1. The Bertz CT molecular complexity index is 791. The predicted molar refractivity (Wildman–Crippen MR) is 98.1 cm³/mol. The number of aromatic nitrogens is 1.